The minimum Gasteiger partial charge on any atom is -0.481 e. The number of aliphatic hydroxyl groups excluding tert-OH is 1. The number of carbonyl (C=O) groups excluding carboxylic acids is 1. The molecule has 15 nitrogen and oxygen atoms in total. The maximum Gasteiger partial charge on any atom is 0.332 e. The second kappa shape index (κ2) is 15.7. The van der Waals surface area contributed by atoms with Crippen molar-refractivity contribution in [2.75, 3.05) is 13.2 Å². The molecule has 2 aromatic heterocycles. The molecule has 236 valence electrons. The van der Waals surface area contributed by atoms with Gasteiger partial charge in [0, 0.05) is 71.9 Å². The van der Waals surface area contributed by atoms with Gasteiger partial charge in [0.2, 0.25) is 0 Å². The third kappa shape index (κ3) is 8.56. The van der Waals surface area contributed by atoms with Crippen molar-refractivity contribution in [2.24, 2.45) is 38.2 Å². The van der Waals surface area contributed by atoms with Crippen LogP contribution in [0.25, 0.3) is 0 Å². The lowest BCUT2D eigenvalue weighted by Crippen LogP contribution is -2.38. The summed E-state index contributed by atoms with van der Waals surface area (Å²) in [5.41, 5.74) is 1.24. The highest BCUT2D eigenvalue weighted by Crippen LogP contribution is 2.24. The Hall–Kier alpha value is -4.40. The zero-order chi connectivity index (χ0) is 32.4. The Kier molecular flexibility index (Phi) is 12.7. The molecule has 2 N–H and O–H groups in total. The summed E-state index contributed by atoms with van der Waals surface area (Å²) in [6.07, 6.45) is 3.50. The molecule has 0 radical (unpaired) electrons. The lowest BCUT2D eigenvalue weighted by Gasteiger charge is -2.05. The summed E-state index contributed by atoms with van der Waals surface area (Å²) in [6.45, 7) is 4.08. The van der Waals surface area contributed by atoms with E-state index in [-0.39, 0.29) is 35.8 Å². The molecule has 0 amide bonds. The van der Waals surface area contributed by atoms with E-state index >= 15 is 0 Å². The minimum absolute atomic E-state index is 0.0757. The van der Waals surface area contributed by atoms with Crippen molar-refractivity contribution in [1.29, 1.82) is 0 Å². The molecule has 15 heteroatoms. The summed E-state index contributed by atoms with van der Waals surface area (Å²) in [5.74, 6) is -0.232. The van der Waals surface area contributed by atoms with E-state index in [0.29, 0.717) is 74.3 Å². The van der Waals surface area contributed by atoms with Gasteiger partial charge in [0.25, 0.3) is 11.1 Å². The molecular weight excluding hydrogens is 564 g/mol. The molecule has 2 aliphatic heterocycles. The van der Waals surface area contributed by atoms with E-state index < -0.39 is 11.7 Å². The van der Waals surface area contributed by atoms with Gasteiger partial charge in [-0.2, -0.15) is 0 Å². The van der Waals surface area contributed by atoms with Crippen molar-refractivity contribution in [2.45, 2.75) is 65.2 Å². The molecule has 43 heavy (non-hydrogen) atoms. The number of ether oxygens (including phenoxy) is 1. The first-order chi connectivity index (χ1) is 20.3. The first-order valence-electron chi connectivity index (χ1n) is 14.0. The van der Waals surface area contributed by atoms with Crippen molar-refractivity contribution < 1.29 is 24.5 Å². The standard InChI is InChI=1S/C14H19N3O4.C12H15N3O4.C2H6O/c1-4-21-11(18)7-5-6-9-8-10-12(15-9)16(2)14(20)17(3)13(10)19;1-14-10-8(11(18)15(2)12(14)19)6-7(13-10)4-3-5-9(16)17;1-2-3/h4-8H2,1-3H3;3-6H2,1-2H3,(H,16,17);3H,2H2,1H3. The summed E-state index contributed by atoms with van der Waals surface area (Å²) in [6, 6.07) is 0. The van der Waals surface area contributed by atoms with Crippen molar-refractivity contribution in [1.82, 2.24) is 18.3 Å². The van der Waals surface area contributed by atoms with E-state index in [4.69, 9.17) is 14.9 Å². The lowest BCUT2D eigenvalue weighted by molar-refractivity contribution is -0.143. The van der Waals surface area contributed by atoms with Gasteiger partial charge in [-0.15, -0.1) is 0 Å². The topological polar surface area (TPSA) is 197 Å². The highest BCUT2D eigenvalue weighted by molar-refractivity contribution is 5.93. The van der Waals surface area contributed by atoms with Crippen LogP contribution < -0.4 is 22.5 Å². The van der Waals surface area contributed by atoms with Crippen LogP contribution in [0.4, 0.5) is 11.6 Å². The van der Waals surface area contributed by atoms with Gasteiger partial charge in [0.15, 0.2) is 0 Å². The Balaban J connectivity index is 0.000000276. The molecule has 0 fully saturated rings. The van der Waals surface area contributed by atoms with E-state index in [1.807, 2.05) is 0 Å². The first kappa shape index (κ1) is 34.8. The van der Waals surface area contributed by atoms with Gasteiger partial charge in [-0.3, -0.25) is 37.4 Å². The number of aliphatic carboxylic acids is 1. The molecule has 2 aromatic rings. The first-order valence-corrected chi connectivity index (χ1v) is 14.0. The quantitative estimate of drug-likeness (QED) is 0.381. The maximum atomic E-state index is 12.0. The number of aliphatic hydroxyl groups is 1. The van der Waals surface area contributed by atoms with Crippen LogP contribution in [0.5, 0.6) is 0 Å². The largest absolute Gasteiger partial charge is 0.481 e. The predicted molar refractivity (Wildman–Crippen MR) is 160 cm³/mol. The van der Waals surface area contributed by atoms with Gasteiger partial charge in [0.05, 0.1) is 17.7 Å². The number of nitrogens with zero attached hydrogens (tertiary/aromatic N) is 6. The van der Waals surface area contributed by atoms with Crippen molar-refractivity contribution in [3.05, 3.63) is 52.8 Å². The average molecular weight is 605 g/mol. The summed E-state index contributed by atoms with van der Waals surface area (Å²) in [4.78, 5) is 77.9. The van der Waals surface area contributed by atoms with Crippen LogP contribution in [0.3, 0.4) is 0 Å². The Bertz CT molecular complexity index is 1660. The zero-order valence-electron chi connectivity index (χ0n) is 25.5. The van der Waals surface area contributed by atoms with Gasteiger partial charge in [0.1, 0.15) is 11.6 Å². The van der Waals surface area contributed by atoms with Gasteiger partial charge in [-0.05, 0) is 39.5 Å². The molecule has 0 spiro atoms. The van der Waals surface area contributed by atoms with Gasteiger partial charge in [-0.25, -0.2) is 19.6 Å². The zero-order valence-corrected chi connectivity index (χ0v) is 25.5. The van der Waals surface area contributed by atoms with E-state index in [1.54, 1.807) is 27.9 Å². The molecule has 0 bridgehead atoms. The fraction of sp³-hybridized carbons (Fsp3) is 0.571. The molecule has 0 aromatic carbocycles. The minimum atomic E-state index is -0.848. The SMILES string of the molecule is CCO.CCOC(=O)CCCC1=Nc2c(c(=O)n(C)c(=O)n2C)C1.Cn1c2c(c(=O)n(C)c1=O)CC(CCCC(=O)O)=N2. The van der Waals surface area contributed by atoms with E-state index in [9.17, 15) is 28.8 Å². The molecular formula is C28H40N6O9. The van der Waals surface area contributed by atoms with Crippen LogP contribution in [0.2, 0.25) is 0 Å². The number of aliphatic imine (C=N–C) groups is 2. The Morgan fingerprint density at radius 1 is 0.744 bits per heavy atom. The fourth-order valence-electron chi connectivity index (χ4n) is 4.59. The maximum absolute atomic E-state index is 12.0. The number of rotatable bonds is 9. The normalized spacial score (nSPS) is 12.6. The van der Waals surface area contributed by atoms with Crippen LogP contribution >= 0.6 is 0 Å². The number of fused-ring (bicyclic) bond motifs is 2. The number of aromatic nitrogens is 4. The van der Waals surface area contributed by atoms with Gasteiger partial charge in [-0.1, -0.05) is 0 Å². The molecule has 4 heterocycles. The summed E-state index contributed by atoms with van der Waals surface area (Å²) in [7, 11) is 6.08. The molecule has 0 atom stereocenters. The molecule has 4 rings (SSSR count). The Labute approximate surface area is 247 Å². The summed E-state index contributed by atoms with van der Waals surface area (Å²) >= 11 is 0. The van der Waals surface area contributed by atoms with Gasteiger partial charge < -0.3 is 14.9 Å². The summed E-state index contributed by atoms with van der Waals surface area (Å²) < 4.78 is 9.75. The van der Waals surface area contributed by atoms with E-state index in [0.717, 1.165) is 20.6 Å². The number of carbonyl (C=O) groups is 2. The monoisotopic (exact) mass is 604 g/mol. The Morgan fingerprint density at radius 2 is 1.14 bits per heavy atom. The smallest absolute Gasteiger partial charge is 0.332 e. The average Bonchev–Trinajstić information content (AvgIpc) is 3.59. The van der Waals surface area contributed by atoms with Crippen molar-refractivity contribution in [3.63, 3.8) is 0 Å². The van der Waals surface area contributed by atoms with Crippen LogP contribution in [0.15, 0.2) is 29.2 Å². The lowest BCUT2D eigenvalue weighted by atomic mass is 10.1. The molecule has 0 saturated heterocycles. The molecule has 0 unspecified atom stereocenters. The highest BCUT2D eigenvalue weighted by Gasteiger charge is 2.24. The van der Waals surface area contributed by atoms with E-state index in [1.165, 1.54) is 23.2 Å². The van der Waals surface area contributed by atoms with Gasteiger partial charge >= 0.3 is 23.3 Å². The fourth-order valence-corrected chi connectivity index (χ4v) is 4.59. The number of hydrogen-bond acceptors (Lipinski definition) is 10. The third-order valence-corrected chi connectivity index (χ3v) is 6.75. The highest BCUT2D eigenvalue weighted by atomic mass is 16.5. The van der Waals surface area contributed by atoms with Crippen molar-refractivity contribution >= 4 is 35.0 Å². The van der Waals surface area contributed by atoms with Crippen LogP contribution in [-0.2, 0) is 55.4 Å². The van der Waals surface area contributed by atoms with Crippen LogP contribution in [0.1, 0.15) is 63.5 Å². The number of hydrogen-bond donors (Lipinski definition) is 2. The molecule has 2 aliphatic rings. The Morgan fingerprint density at radius 3 is 1.51 bits per heavy atom. The van der Waals surface area contributed by atoms with Crippen LogP contribution in [-0.4, -0.2) is 65.1 Å². The molecule has 0 saturated carbocycles. The summed E-state index contributed by atoms with van der Waals surface area (Å²) in [5, 5.41) is 16.2. The predicted octanol–water partition coefficient (Wildman–Crippen LogP) is 0.412. The van der Waals surface area contributed by atoms with E-state index in [2.05, 4.69) is 9.98 Å². The number of esters is 1. The molecule has 0 aliphatic carbocycles. The van der Waals surface area contributed by atoms with Crippen molar-refractivity contribution in [3.8, 4) is 0 Å². The number of carboxylic acid groups (broad SMARTS) is 1. The van der Waals surface area contributed by atoms with Crippen LogP contribution in [0, 0.1) is 0 Å². The second-order valence-corrected chi connectivity index (χ2v) is 9.95. The third-order valence-electron chi connectivity index (χ3n) is 6.75. The number of carboxylic acids is 1. The second-order valence-electron chi connectivity index (χ2n) is 9.95.